The number of piperidine rings is 1. The van der Waals surface area contributed by atoms with Gasteiger partial charge >= 0.3 is 0 Å². The van der Waals surface area contributed by atoms with Crippen molar-refractivity contribution in [2.24, 2.45) is 4.99 Å². The predicted molar refractivity (Wildman–Crippen MR) is 129 cm³/mol. The molecule has 0 atom stereocenters. The molecule has 0 unspecified atom stereocenters. The highest BCUT2D eigenvalue weighted by Crippen LogP contribution is 2.32. The Morgan fingerprint density at radius 3 is 2.45 bits per heavy atom. The van der Waals surface area contributed by atoms with Crippen molar-refractivity contribution in [1.82, 2.24) is 9.88 Å². The van der Waals surface area contributed by atoms with Crippen molar-refractivity contribution < 1.29 is 0 Å². The average Bonchev–Trinajstić information content (AvgIpc) is 2.81. The largest absolute Gasteiger partial charge is 0.345 e. The molecule has 158 valence electrons. The Hall–Kier alpha value is -2.69. The molecule has 2 aliphatic heterocycles. The monoisotopic (exact) mass is 430 g/mol. The second-order valence-corrected chi connectivity index (χ2v) is 8.90. The molecular formula is C26H27ClN4. The minimum Gasteiger partial charge on any atom is -0.345 e. The van der Waals surface area contributed by atoms with Gasteiger partial charge in [0.1, 0.15) is 5.69 Å². The van der Waals surface area contributed by atoms with E-state index in [1.807, 2.05) is 24.5 Å². The van der Waals surface area contributed by atoms with Gasteiger partial charge in [0, 0.05) is 30.5 Å². The fourth-order valence-corrected chi connectivity index (χ4v) is 4.72. The van der Waals surface area contributed by atoms with Crippen LogP contribution in [0.5, 0.6) is 0 Å². The van der Waals surface area contributed by atoms with Gasteiger partial charge in [-0.25, -0.2) is 4.98 Å². The van der Waals surface area contributed by atoms with E-state index >= 15 is 0 Å². The first-order valence-electron chi connectivity index (χ1n) is 11.0. The molecule has 3 aromatic rings. The number of hydrogen-bond acceptors (Lipinski definition) is 4. The molecule has 0 aliphatic carbocycles. The maximum absolute atomic E-state index is 6.04. The minimum absolute atomic E-state index is 0.631. The van der Waals surface area contributed by atoms with Crippen molar-refractivity contribution >= 4 is 29.3 Å². The number of aliphatic imine (C=N–C) groups is 1. The van der Waals surface area contributed by atoms with Gasteiger partial charge in [0.05, 0.1) is 6.54 Å². The second-order valence-electron chi connectivity index (χ2n) is 8.47. The van der Waals surface area contributed by atoms with Crippen LogP contribution in [-0.4, -0.2) is 35.7 Å². The summed E-state index contributed by atoms with van der Waals surface area (Å²) >= 11 is 6.04. The van der Waals surface area contributed by atoms with Crippen LogP contribution in [0.1, 0.15) is 35.4 Å². The lowest BCUT2D eigenvalue weighted by Gasteiger charge is -2.32. The lowest BCUT2D eigenvalue weighted by atomic mass is 9.89. The van der Waals surface area contributed by atoms with E-state index < -0.39 is 0 Å². The maximum Gasteiger partial charge on any atom is 0.155 e. The maximum atomic E-state index is 6.04. The third-order valence-corrected chi connectivity index (χ3v) is 6.54. The summed E-state index contributed by atoms with van der Waals surface area (Å²) in [5.41, 5.74) is 4.92. The van der Waals surface area contributed by atoms with E-state index in [0.717, 1.165) is 49.3 Å². The molecule has 5 rings (SSSR count). The van der Waals surface area contributed by atoms with E-state index in [1.54, 1.807) is 0 Å². The van der Waals surface area contributed by atoms with Crippen LogP contribution >= 0.6 is 11.6 Å². The van der Waals surface area contributed by atoms with Gasteiger partial charge in [-0.3, -0.25) is 9.89 Å². The van der Waals surface area contributed by atoms with Crippen LogP contribution in [-0.2, 0) is 13.1 Å². The molecule has 0 N–H and O–H groups in total. The molecule has 0 radical (unpaired) electrons. The predicted octanol–water partition coefficient (Wildman–Crippen LogP) is 5.84. The number of benzene rings is 2. The van der Waals surface area contributed by atoms with Gasteiger partial charge in [-0.15, -0.1) is 0 Å². The highest BCUT2D eigenvalue weighted by Gasteiger charge is 2.22. The number of pyridine rings is 1. The highest BCUT2D eigenvalue weighted by molar-refractivity contribution is 6.30. The van der Waals surface area contributed by atoms with E-state index in [2.05, 4.69) is 63.3 Å². The SMILES string of the molecule is Clc1ccc(C2CCN(Cc3cnc4c(c3)N=CCN4Cc3ccccc3)CC2)cc1. The summed E-state index contributed by atoms with van der Waals surface area (Å²) in [4.78, 5) is 14.3. The molecule has 0 amide bonds. The fourth-order valence-electron chi connectivity index (χ4n) is 4.60. The molecular weight excluding hydrogens is 404 g/mol. The quantitative estimate of drug-likeness (QED) is 0.509. The molecule has 1 aromatic heterocycles. The third kappa shape index (κ3) is 4.81. The Balaban J connectivity index is 1.21. The van der Waals surface area contributed by atoms with Crippen molar-refractivity contribution in [2.45, 2.75) is 31.8 Å². The number of rotatable bonds is 5. The van der Waals surface area contributed by atoms with Gasteiger partial charge in [-0.05, 0) is 66.7 Å². The molecule has 0 saturated carbocycles. The number of likely N-dealkylation sites (tertiary alicyclic amines) is 1. The van der Waals surface area contributed by atoms with E-state index in [4.69, 9.17) is 16.6 Å². The number of halogens is 1. The normalized spacial score (nSPS) is 17.0. The Labute approximate surface area is 189 Å². The standard InChI is InChI=1S/C26H27ClN4/c27-24-8-6-22(7-9-24)23-10-13-30(14-11-23)18-21-16-25-26(29-17-21)31(15-12-28-25)19-20-4-2-1-3-5-20/h1-9,12,16-17,23H,10-11,13-15,18-19H2. The summed E-state index contributed by atoms with van der Waals surface area (Å²) in [5.74, 6) is 1.61. The van der Waals surface area contributed by atoms with Gasteiger partial charge in [0.15, 0.2) is 5.82 Å². The molecule has 2 aliphatic rings. The summed E-state index contributed by atoms with van der Waals surface area (Å²) in [6.07, 6.45) is 6.39. The van der Waals surface area contributed by atoms with Crippen molar-refractivity contribution in [1.29, 1.82) is 0 Å². The van der Waals surface area contributed by atoms with Gasteiger partial charge in [0.2, 0.25) is 0 Å². The molecule has 3 heterocycles. The van der Waals surface area contributed by atoms with Crippen LogP contribution in [0.15, 0.2) is 71.9 Å². The summed E-state index contributed by atoms with van der Waals surface area (Å²) in [6, 6.07) is 21.1. The zero-order valence-electron chi connectivity index (χ0n) is 17.6. The number of aromatic nitrogens is 1. The van der Waals surface area contributed by atoms with Crippen LogP contribution in [0.4, 0.5) is 11.5 Å². The molecule has 2 aromatic carbocycles. The van der Waals surface area contributed by atoms with Crippen molar-refractivity contribution in [3.8, 4) is 0 Å². The first-order chi connectivity index (χ1) is 15.2. The van der Waals surface area contributed by atoms with Gasteiger partial charge in [-0.2, -0.15) is 0 Å². The van der Waals surface area contributed by atoms with Crippen LogP contribution in [0.2, 0.25) is 5.02 Å². The lowest BCUT2D eigenvalue weighted by molar-refractivity contribution is 0.204. The Bertz CT molecular complexity index is 1040. The first-order valence-corrected chi connectivity index (χ1v) is 11.4. The molecule has 31 heavy (non-hydrogen) atoms. The lowest BCUT2D eigenvalue weighted by Crippen LogP contribution is -2.32. The number of anilines is 1. The van der Waals surface area contributed by atoms with E-state index in [9.17, 15) is 0 Å². The molecule has 0 spiro atoms. The second kappa shape index (κ2) is 9.21. The number of hydrogen-bond donors (Lipinski definition) is 0. The summed E-state index contributed by atoms with van der Waals surface area (Å²) in [6.45, 7) is 4.79. The number of fused-ring (bicyclic) bond motifs is 1. The topological polar surface area (TPSA) is 31.7 Å². The zero-order chi connectivity index (χ0) is 21.0. The smallest absolute Gasteiger partial charge is 0.155 e. The first kappa shape index (κ1) is 20.2. The molecule has 1 fully saturated rings. The highest BCUT2D eigenvalue weighted by atomic mass is 35.5. The van der Waals surface area contributed by atoms with Crippen molar-refractivity contribution in [3.63, 3.8) is 0 Å². The van der Waals surface area contributed by atoms with Crippen LogP contribution in [0, 0.1) is 0 Å². The number of nitrogens with zero attached hydrogens (tertiary/aromatic N) is 4. The third-order valence-electron chi connectivity index (χ3n) is 6.29. The molecule has 1 saturated heterocycles. The Kier molecular flexibility index (Phi) is 6.01. The molecule has 0 bridgehead atoms. The van der Waals surface area contributed by atoms with Crippen molar-refractivity contribution in [2.75, 3.05) is 24.5 Å². The van der Waals surface area contributed by atoms with E-state index in [-0.39, 0.29) is 0 Å². The summed E-state index contributed by atoms with van der Waals surface area (Å²) < 4.78 is 0. The van der Waals surface area contributed by atoms with Gasteiger partial charge in [-0.1, -0.05) is 54.1 Å². The Morgan fingerprint density at radius 2 is 1.68 bits per heavy atom. The molecule has 5 heteroatoms. The Morgan fingerprint density at radius 1 is 0.903 bits per heavy atom. The van der Waals surface area contributed by atoms with Crippen LogP contribution in [0.3, 0.4) is 0 Å². The zero-order valence-corrected chi connectivity index (χ0v) is 18.4. The fraction of sp³-hybridized carbons (Fsp3) is 0.308. The summed E-state index contributed by atoms with van der Waals surface area (Å²) in [7, 11) is 0. The van der Waals surface area contributed by atoms with E-state index in [0.29, 0.717) is 5.92 Å². The van der Waals surface area contributed by atoms with Crippen LogP contribution < -0.4 is 4.90 Å². The van der Waals surface area contributed by atoms with Gasteiger partial charge in [0.25, 0.3) is 0 Å². The molecule has 4 nitrogen and oxygen atoms in total. The summed E-state index contributed by atoms with van der Waals surface area (Å²) in [5, 5.41) is 0.811. The average molecular weight is 431 g/mol. The van der Waals surface area contributed by atoms with Gasteiger partial charge < -0.3 is 4.90 Å². The van der Waals surface area contributed by atoms with Crippen molar-refractivity contribution in [3.05, 3.63) is 88.6 Å². The minimum atomic E-state index is 0.631. The van der Waals surface area contributed by atoms with Crippen LogP contribution in [0.25, 0.3) is 0 Å². The van der Waals surface area contributed by atoms with E-state index in [1.165, 1.54) is 29.5 Å².